The van der Waals surface area contributed by atoms with Crippen molar-refractivity contribution in [2.75, 3.05) is 26.2 Å². The molecule has 117 valence electrons. The third-order valence-electron chi connectivity index (χ3n) is 2.68. The first-order valence-corrected chi connectivity index (χ1v) is 8.09. The van der Waals surface area contributed by atoms with Gasteiger partial charge in [-0.1, -0.05) is 79.1 Å². The summed E-state index contributed by atoms with van der Waals surface area (Å²) < 4.78 is 0. The van der Waals surface area contributed by atoms with Gasteiger partial charge in [0, 0.05) is 0 Å². The number of hydrogen-bond donors (Lipinski definition) is 0. The molecule has 0 aromatic heterocycles. The monoisotopic (exact) mass is 409 g/mol. The molecule has 3 heteroatoms. The van der Waals surface area contributed by atoms with Crippen molar-refractivity contribution in [3.8, 4) is 0 Å². The number of rotatable bonds is 12. The van der Waals surface area contributed by atoms with E-state index in [0.717, 1.165) is 26.2 Å². The van der Waals surface area contributed by atoms with Crippen LogP contribution < -0.4 is 0 Å². The van der Waals surface area contributed by atoms with E-state index in [2.05, 4.69) is 38.3 Å². The van der Waals surface area contributed by atoms with E-state index in [1.807, 2.05) is 0 Å². The Morgan fingerprint density at radius 2 is 0.684 bits per heavy atom. The molecule has 0 saturated carbocycles. The van der Waals surface area contributed by atoms with E-state index < -0.39 is 0 Å². The van der Waals surface area contributed by atoms with Gasteiger partial charge in [-0.05, 0) is 0 Å². The van der Waals surface area contributed by atoms with E-state index in [1.54, 1.807) is 0 Å². The summed E-state index contributed by atoms with van der Waals surface area (Å²) >= 11 is 0. The summed E-state index contributed by atoms with van der Waals surface area (Å²) in [5.41, 5.74) is 0. The maximum absolute atomic E-state index is 4.35. The van der Waals surface area contributed by atoms with Gasteiger partial charge in [0.1, 0.15) is 0 Å². The second-order valence-corrected chi connectivity index (χ2v) is 4.76. The molecule has 0 heterocycles. The van der Waals surface area contributed by atoms with Gasteiger partial charge < -0.3 is 10.6 Å². The Kier molecular flexibility index (Phi) is 37.2. The molecule has 1 radical (unpaired) electrons. The van der Waals surface area contributed by atoms with Gasteiger partial charge in [-0.25, -0.2) is 0 Å². The first kappa shape index (κ1) is 25.5. The summed E-state index contributed by atoms with van der Waals surface area (Å²) in [4.78, 5) is 0. The van der Waals surface area contributed by atoms with Gasteiger partial charge in [-0.3, -0.25) is 0 Å². The Morgan fingerprint density at radius 1 is 0.474 bits per heavy atom. The van der Waals surface area contributed by atoms with E-state index in [1.165, 1.54) is 51.4 Å². The van der Waals surface area contributed by atoms with Gasteiger partial charge in [0.05, 0.1) is 0 Å². The molecule has 0 aromatic rings. The van der Waals surface area contributed by atoms with Crippen LogP contribution in [0.1, 0.15) is 79.1 Å². The molecule has 0 aliphatic carbocycles. The van der Waals surface area contributed by atoms with Crippen LogP contribution in [0.25, 0.3) is 10.6 Å². The smallest absolute Gasteiger partial charge is 0.662 e. The second-order valence-electron chi connectivity index (χ2n) is 4.76. The molecule has 0 N–H and O–H groups in total. The summed E-state index contributed by atoms with van der Waals surface area (Å²) in [6.07, 6.45) is 10.2. The molecule has 0 aromatic carbocycles. The molecule has 0 rings (SSSR count). The Hall–Kier alpha value is 1.50. The van der Waals surface area contributed by atoms with Gasteiger partial charge in [0.15, 0.2) is 0 Å². The fourth-order valence-corrected chi connectivity index (χ4v) is 1.30. The van der Waals surface area contributed by atoms with Crippen LogP contribution in [0, 0.1) is 49.4 Å². The van der Waals surface area contributed by atoms with Crippen LogP contribution in [-0.2, 0) is 0 Å². The minimum absolute atomic E-state index is 0. The summed E-state index contributed by atoms with van der Waals surface area (Å²) in [5, 5.41) is 8.70. The Morgan fingerprint density at radius 3 is 0.842 bits per heavy atom. The maximum Gasteiger partial charge on any atom is 2.00 e. The molecule has 0 aliphatic heterocycles. The zero-order valence-corrected chi connectivity index (χ0v) is 16.2. The van der Waals surface area contributed by atoms with Crippen LogP contribution in [0.2, 0.25) is 0 Å². The third-order valence-corrected chi connectivity index (χ3v) is 2.68. The Bertz CT molecular complexity index is 95.3. The molecule has 0 fully saturated rings. The van der Waals surface area contributed by atoms with Crippen LogP contribution in [0.15, 0.2) is 0 Å². The molecule has 0 aliphatic rings. The predicted molar refractivity (Wildman–Crippen MR) is 85.8 cm³/mol. The van der Waals surface area contributed by atoms with Crippen LogP contribution >= 0.6 is 0 Å². The van der Waals surface area contributed by atoms with Crippen molar-refractivity contribution in [3.63, 3.8) is 0 Å². The molecular formula is C16H36EuN2. The SMILES string of the molecule is CCCC[N-]CCCC.CCCC[N-]CCCC.[Eu+2]. The normalized spacial score (nSPS) is 9.47. The van der Waals surface area contributed by atoms with Crippen molar-refractivity contribution < 1.29 is 49.4 Å². The number of unbranched alkanes of at least 4 members (excludes halogenated alkanes) is 4. The quantitative estimate of drug-likeness (QED) is 0.359. The molecule has 2 nitrogen and oxygen atoms in total. The minimum atomic E-state index is 0. The van der Waals surface area contributed by atoms with Gasteiger partial charge >= 0.3 is 49.4 Å². The molecule has 0 amide bonds. The van der Waals surface area contributed by atoms with E-state index in [9.17, 15) is 0 Å². The summed E-state index contributed by atoms with van der Waals surface area (Å²) in [7, 11) is 0. The summed E-state index contributed by atoms with van der Waals surface area (Å²) in [6, 6.07) is 0. The van der Waals surface area contributed by atoms with E-state index in [-0.39, 0.29) is 49.4 Å². The predicted octanol–water partition coefficient (Wildman–Crippen LogP) is 5.92. The first-order chi connectivity index (χ1) is 8.83. The number of hydrogen-bond acceptors (Lipinski definition) is 0. The molecule has 0 unspecified atom stereocenters. The largest absolute Gasteiger partial charge is 2.00 e. The fraction of sp³-hybridized carbons (Fsp3) is 1.00. The van der Waals surface area contributed by atoms with Gasteiger partial charge in [-0.2, -0.15) is 0 Å². The van der Waals surface area contributed by atoms with Crippen molar-refractivity contribution in [1.82, 2.24) is 0 Å². The second kappa shape index (κ2) is 27.8. The van der Waals surface area contributed by atoms with E-state index in [0.29, 0.717) is 0 Å². The first-order valence-electron chi connectivity index (χ1n) is 8.09. The van der Waals surface area contributed by atoms with Crippen LogP contribution in [0.5, 0.6) is 0 Å². The summed E-state index contributed by atoms with van der Waals surface area (Å²) in [6.45, 7) is 13.1. The summed E-state index contributed by atoms with van der Waals surface area (Å²) in [5.74, 6) is 0. The van der Waals surface area contributed by atoms with Gasteiger partial charge in [-0.15, -0.1) is 26.2 Å². The van der Waals surface area contributed by atoms with Gasteiger partial charge in [0.25, 0.3) is 0 Å². The van der Waals surface area contributed by atoms with Crippen molar-refractivity contribution in [2.24, 2.45) is 0 Å². The topological polar surface area (TPSA) is 28.2 Å². The van der Waals surface area contributed by atoms with Crippen molar-refractivity contribution >= 4 is 0 Å². The minimum Gasteiger partial charge on any atom is -0.662 e. The van der Waals surface area contributed by atoms with Crippen molar-refractivity contribution in [3.05, 3.63) is 10.6 Å². The average Bonchev–Trinajstić information content (AvgIpc) is 2.39. The molecule has 0 saturated heterocycles. The van der Waals surface area contributed by atoms with Gasteiger partial charge in [0.2, 0.25) is 0 Å². The van der Waals surface area contributed by atoms with E-state index in [4.69, 9.17) is 0 Å². The number of nitrogens with zero attached hydrogens (tertiary/aromatic N) is 2. The molecule has 0 atom stereocenters. The van der Waals surface area contributed by atoms with E-state index >= 15 is 0 Å². The maximum atomic E-state index is 4.35. The molecular weight excluding hydrogens is 372 g/mol. The van der Waals surface area contributed by atoms with Crippen molar-refractivity contribution in [1.29, 1.82) is 0 Å². The van der Waals surface area contributed by atoms with Crippen LogP contribution in [-0.4, -0.2) is 26.2 Å². The standard InChI is InChI=1S/2C8H18N.Eu/c2*1-3-5-7-9-8-6-4-2;/h2*3-8H2,1-2H3;/q2*-1;+2. The fourth-order valence-electron chi connectivity index (χ4n) is 1.30. The molecule has 19 heavy (non-hydrogen) atoms. The Balaban J connectivity index is -0.000000256. The zero-order chi connectivity index (χ0) is 13.9. The third kappa shape index (κ3) is 32.8. The van der Waals surface area contributed by atoms with Crippen LogP contribution in [0.3, 0.4) is 0 Å². The molecule has 0 spiro atoms. The Labute approximate surface area is 163 Å². The molecule has 0 bridgehead atoms. The average molecular weight is 408 g/mol. The van der Waals surface area contributed by atoms with Crippen LogP contribution in [0.4, 0.5) is 0 Å². The zero-order valence-electron chi connectivity index (χ0n) is 13.8. The van der Waals surface area contributed by atoms with Crippen molar-refractivity contribution in [2.45, 2.75) is 79.1 Å².